The molecule has 3 heteroatoms. The molecule has 0 radical (unpaired) electrons. The van der Waals surface area contributed by atoms with Gasteiger partial charge in [0.05, 0.1) is 11.6 Å². The van der Waals surface area contributed by atoms with Gasteiger partial charge in [-0.2, -0.15) is 5.26 Å². The highest BCUT2D eigenvalue weighted by Crippen LogP contribution is 2.21. The van der Waals surface area contributed by atoms with Crippen molar-refractivity contribution in [2.45, 2.75) is 6.92 Å². The number of pyridine rings is 1. The van der Waals surface area contributed by atoms with Crippen molar-refractivity contribution in [1.82, 2.24) is 4.98 Å². The number of nitrogens with zero attached hydrogens (tertiary/aromatic N) is 2. The van der Waals surface area contributed by atoms with E-state index in [1.165, 1.54) is 12.1 Å². The predicted molar refractivity (Wildman–Crippen MR) is 51.2 cm³/mol. The number of aromatic nitrogens is 1. The third-order valence-corrected chi connectivity index (χ3v) is 2.16. The van der Waals surface area contributed by atoms with Gasteiger partial charge in [-0.25, -0.2) is 4.39 Å². The molecule has 1 heterocycles. The number of hydrogen-bond acceptors (Lipinski definition) is 2. The van der Waals surface area contributed by atoms with Gasteiger partial charge in [-0.05, 0) is 30.0 Å². The predicted octanol–water partition coefficient (Wildman–Crippen LogP) is 2.55. The van der Waals surface area contributed by atoms with Crippen LogP contribution in [-0.4, -0.2) is 4.98 Å². The Bertz CT molecular complexity index is 541. The molecule has 0 aliphatic carbocycles. The average molecular weight is 186 g/mol. The van der Waals surface area contributed by atoms with Crippen molar-refractivity contribution in [2.75, 3.05) is 0 Å². The zero-order valence-corrected chi connectivity index (χ0v) is 7.58. The maximum atomic E-state index is 13.1. The molecular weight excluding hydrogens is 179 g/mol. The summed E-state index contributed by atoms with van der Waals surface area (Å²) in [5, 5.41) is 10.3. The van der Waals surface area contributed by atoms with Gasteiger partial charge in [0.15, 0.2) is 0 Å². The SMILES string of the molecule is Cc1cncc2c(C#N)cc(F)cc12. The van der Waals surface area contributed by atoms with Crippen LogP contribution in [0.25, 0.3) is 10.8 Å². The van der Waals surface area contributed by atoms with E-state index in [1.54, 1.807) is 12.4 Å². The summed E-state index contributed by atoms with van der Waals surface area (Å²) >= 11 is 0. The van der Waals surface area contributed by atoms with Gasteiger partial charge in [0.1, 0.15) is 5.82 Å². The molecule has 0 saturated carbocycles. The van der Waals surface area contributed by atoms with Crippen molar-refractivity contribution in [3.63, 3.8) is 0 Å². The lowest BCUT2D eigenvalue weighted by atomic mass is 10.0. The summed E-state index contributed by atoms with van der Waals surface area (Å²) in [4.78, 5) is 3.98. The van der Waals surface area contributed by atoms with Crippen molar-refractivity contribution in [1.29, 1.82) is 5.26 Å². The van der Waals surface area contributed by atoms with Gasteiger partial charge in [0.2, 0.25) is 0 Å². The summed E-state index contributed by atoms with van der Waals surface area (Å²) in [5.41, 5.74) is 1.20. The molecule has 0 bridgehead atoms. The Morgan fingerprint density at radius 2 is 2.07 bits per heavy atom. The minimum Gasteiger partial charge on any atom is -0.264 e. The van der Waals surface area contributed by atoms with Gasteiger partial charge in [-0.3, -0.25) is 4.98 Å². The van der Waals surface area contributed by atoms with Crippen LogP contribution in [0, 0.1) is 24.1 Å². The van der Waals surface area contributed by atoms with E-state index in [0.717, 1.165) is 10.9 Å². The second kappa shape index (κ2) is 3.08. The number of halogens is 1. The molecule has 1 aromatic carbocycles. The highest BCUT2D eigenvalue weighted by molar-refractivity contribution is 5.89. The first-order valence-corrected chi connectivity index (χ1v) is 4.16. The molecule has 2 rings (SSSR count). The van der Waals surface area contributed by atoms with Gasteiger partial charge in [-0.15, -0.1) is 0 Å². The summed E-state index contributed by atoms with van der Waals surface area (Å²) in [6.07, 6.45) is 3.24. The van der Waals surface area contributed by atoms with Gasteiger partial charge in [0.25, 0.3) is 0 Å². The fraction of sp³-hybridized carbons (Fsp3) is 0.0909. The molecule has 0 N–H and O–H groups in total. The number of aryl methyl sites for hydroxylation is 1. The first-order valence-electron chi connectivity index (χ1n) is 4.16. The molecule has 0 aliphatic rings. The van der Waals surface area contributed by atoms with E-state index in [1.807, 2.05) is 13.0 Å². The van der Waals surface area contributed by atoms with Crippen molar-refractivity contribution >= 4 is 10.8 Å². The van der Waals surface area contributed by atoms with E-state index in [0.29, 0.717) is 10.9 Å². The van der Waals surface area contributed by atoms with Crippen LogP contribution in [0.3, 0.4) is 0 Å². The fourth-order valence-electron chi connectivity index (χ4n) is 1.47. The monoisotopic (exact) mass is 186 g/mol. The molecule has 0 aliphatic heterocycles. The fourth-order valence-corrected chi connectivity index (χ4v) is 1.47. The molecule has 1 aromatic heterocycles. The minimum absolute atomic E-state index is 0.330. The Labute approximate surface area is 80.6 Å². The van der Waals surface area contributed by atoms with E-state index in [2.05, 4.69) is 4.98 Å². The maximum absolute atomic E-state index is 13.1. The Morgan fingerprint density at radius 1 is 1.29 bits per heavy atom. The summed E-state index contributed by atoms with van der Waals surface area (Å²) in [6, 6.07) is 4.61. The Morgan fingerprint density at radius 3 is 2.79 bits per heavy atom. The molecule has 14 heavy (non-hydrogen) atoms. The van der Waals surface area contributed by atoms with Crippen LogP contribution in [0.4, 0.5) is 4.39 Å². The molecule has 0 atom stereocenters. The Hall–Kier alpha value is -1.95. The Kier molecular flexibility index (Phi) is 1.90. The lowest BCUT2D eigenvalue weighted by Crippen LogP contribution is -1.87. The topological polar surface area (TPSA) is 36.7 Å². The highest BCUT2D eigenvalue weighted by atomic mass is 19.1. The van der Waals surface area contributed by atoms with Gasteiger partial charge in [-0.1, -0.05) is 0 Å². The van der Waals surface area contributed by atoms with E-state index >= 15 is 0 Å². The number of rotatable bonds is 0. The highest BCUT2D eigenvalue weighted by Gasteiger charge is 2.05. The van der Waals surface area contributed by atoms with Crippen LogP contribution in [0.15, 0.2) is 24.5 Å². The average Bonchev–Trinajstić information content (AvgIpc) is 2.18. The zero-order valence-electron chi connectivity index (χ0n) is 7.58. The lowest BCUT2D eigenvalue weighted by Gasteiger charge is -2.02. The van der Waals surface area contributed by atoms with Crippen LogP contribution in [0.5, 0.6) is 0 Å². The van der Waals surface area contributed by atoms with Crippen LogP contribution >= 0.6 is 0 Å². The van der Waals surface area contributed by atoms with Crippen LogP contribution in [0.2, 0.25) is 0 Å². The largest absolute Gasteiger partial charge is 0.264 e. The second-order valence-electron chi connectivity index (χ2n) is 3.12. The quantitative estimate of drug-likeness (QED) is 0.634. The normalized spacial score (nSPS) is 10.1. The number of benzene rings is 1. The van der Waals surface area contributed by atoms with Crippen molar-refractivity contribution < 1.29 is 4.39 Å². The summed E-state index contributed by atoms with van der Waals surface area (Å²) < 4.78 is 13.1. The number of nitriles is 1. The van der Waals surface area contributed by atoms with Gasteiger partial charge < -0.3 is 0 Å². The first-order chi connectivity index (χ1) is 6.72. The molecule has 0 fully saturated rings. The molecular formula is C11H7FN2. The number of hydrogen-bond donors (Lipinski definition) is 0. The molecule has 0 amide bonds. The zero-order chi connectivity index (χ0) is 10.1. The lowest BCUT2D eigenvalue weighted by molar-refractivity contribution is 0.629. The molecule has 2 nitrogen and oxygen atoms in total. The van der Waals surface area contributed by atoms with Gasteiger partial charge >= 0.3 is 0 Å². The van der Waals surface area contributed by atoms with Crippen LogP contribution in [-0.2, 0) is 0 Å². The smallest absolute Gasteiger partial charge is 0.125 e. The van der Waals surface area contributed by atoms with E-state index in [-0.39, 0.29) is 5.82 Å². The maximum Gasteiger partial charge on any atom is 0.125 e. The summed E-state index contributed by atoms with van der Waals surface area (Å²) in [7, 11) is 0. The van der Waals surface area contributed by atoms with E-state index < -0.39 is 0 Å². The minimum atomic E-state index is -0.386. The molecule has 0 spiro atoms. The molecule has 0 saturated heterocycles. The third kappa shape index (κ3) is 1.21. The van der Waals surface area contributed by atoms with Crippen molar-refractivity contribution in [3.05, 3.63) is 41.5 Å². The standard InChI is InChI=1S/C11H7FN2/c1-7-5-14-6-11-8(4-13)2-9(12)3-10(7)11/h2-3,5-6H,1H3. The summed E-state index contributed by atoms with van der Waals surface area (Å²) in [5.74, 6) is -0.386. The van der Waals surface area contributed by atoms with Crippen molar-refractivity contribution in [3.8, 4) is 6.07 Å². The van der Waals surface area contributed by atoms with E-state index in [4.69, 9.17) is 5.26 Å². The first kappa shape index (κ1) is 8.64. The van der Waals surface area contributed by atoms with Gasteiger partial charge in [0, 0.05) is 17.8 Å². The second-order valence-corrected chi connectivity index (χ2v) is 3.12. The molecule has 68 valence electrons. The third-order valence-electron chi connectivity index (χ3n) is 2.16. The van der Waals surface area contributed by atoms with E-state index in [9.17, 15) is 4.39 Å². The summed E-state index contributed by atoms with van der Waals surface area (Å²) in [6.45, 7) is 1.84. The molecule has 2 aromatic rings. The number of fused-ring (bicyclic) bond motifs is 1. The van der Waals surface area contributed by atoms with Crippen molar-refractivity contribution in [2.24, 2.45) is 0 Å². The van der Waals surface area contributed by atoms with Crippen LogP contribution < -0.4 is 0 Å². The van der Waals surface area contributed by atoms with Crippen LogP contribution in [0.1, 0.15) is 11.1 Å². The molecule has 0 unspecified atom stereocenters. The Balaban J connectivity index is 2.96.